The average molecular weight is 398 g/mol. The third-order valence-electron chi connectivity index (χ3n) is 4.81. The van der Waals surface area contributed by atoms with Crippen LogP contribution in [0.1, 0.15) is 32.6 Å². The van der Waals surface area contributed by atoms with Crippen LogP contribution in [0.4, 0.5) is 5.69 Å². The van der Waals surface area contributed by atoms with Gasteiger partial charge in [0.25, 0.3) is 0 Å². The van der Waals surface area contributed by atoms with Gasteiger partial charge in [-0.2, -0.15) is 0 Å². The molecule has 152 valence electrons. The molecular formula is C19H31N3O4S. The van der Waals surface area contributed by atoms with Crippen molar-refractivity contribution < 1.29 is 17.9 Å². The van der Waals surface area contributed by atoms with Gasteiger partial charge in [-0.15, -0.1) is 0 Å². The molecule has 0 radical (unpaired) electrons. The third-order valence-corrected chi connectivity index (χ3v) is 6.06. The molecule has 1 saturated heterocycles. The summed E-state index contributed by atoms with van der Waals surface area (Å²) in [5, 5.41) is 2.87. The van der Waals surface area contributed by atoms with E-state index < -0.39 is 16.1 Å². The summed E-state index contributed by atoms with van der Waals surface area (Å²) in [6.07, 6.45) is 5.76. The van der Waals surface area contributed by atoms with E-state index in [-0.39, 0.29) is 5.91 Å². The second-order valence-electron chi connectivity index (χ2n) is 6.98. The topological polar surface area (TPSA) is 79.0 Å². The Morgan fingerprint density at radius 2 is 1.85 bits per heavy atom. The Balaban J connectivity index is 1.93. The molecule has 0 spiro atoms. The fourth-order valence-electron chi connectivity index (χ4n) is 3.38. The van der Waals surface area contributed by atoms with Gasteiger partial charge in [-0.25, -0.2) is 8.42 Å². The van der Waals surface area contributed by atoms with Crippen molar-refractivity contribution in [3.8, 4) is 5.75 Å². The maximum atomic E-state index is 12.5. The lowest BCUT2D eigenvalue weighted by atomic mass is 10.1. The summed E-state index contributed by atoms with van der Waals surface area (Å²) in [5.41, 5.74) is 0.439. The van der Waals surface area contributed by atoms with Crippen molar-refractivity contribution in [1.29, 1.82) is 0 Å². The summed E-state index contributed by atoms with van der Waals surface area (Å²) in [6, 6.07) is 5.80. The zero-order valence-corrected chi connectivity index (χ0v) is 17.3. The lowest BCUT2D eigenvalue weighted by Gasteiger charge is -2.29. The number of carbonyl (C=O) groups is 1. The molecule has 1 aliphatic heterocycles. The molecule has 0 unspecified atom stereocenters. The molecule has 0 aliphatic carbocycles. The first kappa shape index (κ1) is 21.5. The Hall–Kier alpha value is -1.80. The van der Waals surface area contributed by atoms with Gasteiger partial charge in [0.1, 0.15) is 11.8 Å². The van der Waals surface area contributed by atoms with Crippen molar-refractivity contribution in [1.82, 2.24) is 10.2 Å². The van der Waals surface area contributed by atoms with E-state index in [2.05, 4.69) is 10.2 Å². The largest absolute Gasteiger partial charge is 0.497 e. The molecule has 2 rings (SSSR count). The highest BCUT2D eigenvalue weighted by molar-refractivity contribution is 7.92. The molecule has 1 atom stereocenters. The predicted octanol–water partition coefficient (Wildman–Crippen LogP) is 1.84. The van der Waals surface area contributed by atoms with Crippen LogP contribution in [0.5, 0.6) is 5.75 Å². The summed E-state index contributed by atoms with van der Waals surface area (Å²) in [7, 11) is -2.06. The lowest BCUT2D eigenvalue weighted by Crippen LogP contribution is -2.48. The molecule has 0 bridgehead atoms. The first-order valence-electron chi connectivity index (χ1n) is 9.46. The van der Waals surface area contributed by atoms with E-state index in [1.54, 1.807) is 38.3 Å². The minimum atomic E-state index is -3.61. The Bertz CT molecular complexity index is 700. The normalized spacial score (nSPS) is 16.6. The molecule has 7 nitrogen and oxygen atoms in total. The SMILES string of the molecule is COc1ccc(N([C@H](C)C(=O)NCCCN2CCCCC2)S(C)(=O)=O)cc1. The van der Waals surface area contributed by atoms with Crippen molar-refractivity contribution in [2.75, 3.05) is 43.8 Å². The number of methoxy groups -OCH3 is 1. The Morgan fingerprint density at radius 1 is 1.22 bits per heavy atom. The summed E-state index contributed by atoms with van der Waals surface area (Å²) in [5.74, 6) is 0.330. The number of rotatable bonds is 9. The van der Waals surface area contributed by atoms with Crippen molar-refractivity contribution >= 4 is 21.6 Å². The Kier molecular flexibility index (Phi) is 7.91. The van der Waals surface area contributed by atoms with Crippen LogP contribution < -0.4 is 14.4 Å². The van der Waals surface area contributed by atoms with Gasteiger partial charge in [0.15, 0.2) is 0 Å². The van der Waals surface area contributed by atoms with E-state index in [9.17, 15) is 13.2 Å². The van der Waals surface area contributed by atoms with Crippen molar-refractivity contribution in [2.24, 2.45) is 0 Å². The van der Waals surface area contributed by atoms with Gasteiger partial charge < -0.3 is 15.0 Å². The van der Waals surface area contributed by atoms with E-state index in [4.69, 9.17) is 4.74 Å². The zero-order chi connectivity index (χ0) is 19.9. The quantitative estimate of drug-likeness (QED) is 0.643. The van der Waals surface area contributed by atoms with Gasteiger partial charge in [0.05, 0.1) is 19.1 Å². The smallest absolute Gasteiger partial charge is 0.243 e. The van der Waals surface area contributed by atoms with Crippen LogP contribution in [-0.4, -0.2) is 64.8 Å². The van der Waals surface area contributed by atoms with Crippen LogP contribution in [0, 0.1) is 0 Å². The first-order valence-corrected chi connectivity index (χ1v) is 11.3. The molecule has 1 fully saturated rings. The Morgan fingerprint density at radius 3 is 2.41 bits per heavy atom. The molecule has 27 heavy (non-hydrogen) atoms. The Labute approximate surface area is 162 Å². The number of nitrogens with zero attached hydrogens (tertiary/aromatic N) is 2. The minimum Gasteiger partial charge on any atom is -0.497 e. The average Bonchev–Trinajstić information content (AvgIpc) is 2.65. The van der Waals surface area contributed by atoms with Crippen LogP contribution in [-0.2, 0) is 14.8 Å². The second kappa shape index (κ2) is 9.94. The van der Waals surface area contributed by atoms with Crippen molar-refractivity contribution in [3.63, 3.8) is 0 Å². The fraction of sp³-hybridized carbons (Fsp3) is 0.632. The minimum absolute atomic E-state index is 0.296. The number of likely N-dealkylation sites (tertiary alicyclic amines) is 1. The van der Waals surface area contributed by atoms with E-state index in [1.807, 2.05) is 0 Å². The van der Waals surface area contributed by atoms with Crippen LogP contribution in [0.3, 0.4) is 0 Å². The number of ether oxygens (including phenoxy) is 1. The summed E-state index contributed by atoms with van der Waals surface area (Å²) in [4.78, 5) is 14.9. The standard InChI is InChI=1S/C19H31N3O4S/c1-16(19(23)20-12-7-15-21-13-5-4-6-14-21)22(27(3,24)25)17-8-10-18(26-2)11-9-17/h8-11,16H,4-7,12-15H2,1-3H3,(H,20,23)/t16-/m1/s1. The molecule has 1 N–H and O–H groups in total. The van der Waals surface area contributed by atoms with Gasteiger partial charge in [-0.3, -0.25) is 9.10 Å². The predicted molar refractivity (Wildman–Crippen MR) is 108 cm³/mol. The molecule has 1 aliphatic rings. The van der Waals surface area contributed by atoms with E-state index >= 15 is 0 Å². The number of piperidine rings is 1. The fourth-order valence-corrected chi connectivity index (χ4v) is 4.56. The second-order valence-corrected chi connectivity index (χ2v) is 8.84. The zero-order valence-electron chi connectivity index (χ0n) is 16.5. The van der Waals surface area contributed by atoms with Crippen LogP contribution in [0.25, 0.3) is 0 Å². The monoisotopic (exact) mass is 397 g/mol. The number of amides is 1. The van der Waals surface area contributed by atoms with Crippen LogP contribution >= 0.6 is 0 Å². The van der Waals surface area contributed by atoms with Crippen LogP contribution in [0.15, 0.2) is 24.3 Å². The first-order chi connectivity index (χ1) is 12.8. The van der Waals surface area contributed by atoms with E-state index in [0.717, 1.165) is 36.6 Å². The van der Waals surface area contributed by atoms with Gasteiger partial charge >= 0.3 is 0 Å². The van der Waals surface area contributed by atoms with Gasteiger partial charge in [0, 0.05) is 6.54 Å². The highest BCUT2D eigenvalue weighted by Crippen LogP contribution is 2.23. The molecule has 0 saturated carbocycles. The molecule has 1 heterocycles. The maximum Gasteiger partial charge on any atom is 0.243 e. The number of nitrogens with one attached hydrogen (secondary N) is 1. The van der Waals surface area contributed by atoms with E-state index in [0.29, 0.717) is 18.0 Å². The molecule has 1 amide bonds. The van der Waals surface area contributed by atoms with E-state index in [1.165, 1.54) is 19.3 Å². The molecule has 1 aromatic rings. The highest BCUT2D eigenvalue weighted by Gasteiger charge is 2.28. The highest BCUT2D eigenvalue weighted by atomic mass is 32.2. The number of hydrogen-bond donors (Lipinski definition) is 1. The van der Waals surface area contributed by atoms with Gasteiger partial charge in [0.2, 0.25) is 15.9 Å². The summed E-state index contributed by atoms with van der Waals surface area (Å²) < 4.78 is 30.8. The number of sulfonamides is 1. The van der Waals surface area contributed by atoms with Crippen LogP contribution in [0.2, 0.25) is 0 Å². The lowest BCUT2D eigenvalue weighted by molar-refractivity contribution is -0.121. The molecule has 0 aromatic heterocycles. The van der Waals surface area contributed by atoms with Gasteiger partial charge in [-0.1, -0.05) is 6.42 Å². The number of carbonyl (C=O) groups excluding carboxylic acids is 1. The summed E-state index contributed by atoms with van der Waals surface area (Å²) >= 11 is 0. The number of hydrogen-bond acceptors (Lipinski definition) is 5. The number of benzene rings is 1. The van der Waals surface area contributed by atoms with Crippen molar-refractivity contribution in [2.45, 2.75) is 38.6 Å². The maximum absolute atomic E-state index is 12.5. The van der Waals surface area contributed by atoms with Gasteiger partial charge in [-0.05, 0) is 70.1 Å². The molecule has 8 heteroatoms. The summed E-state index contributed by atoms with van der Waals surface area (Å²) in [6.45, 7) is 5.36. The van der Waals surface area contributed by atoms with Crippen molar-refractivity contribution in [3.05, 3.63) is 24.3 Å². The molecular weight excluding hydrogens is 366 g/mol. The third kappa shape index (κ3) is 6.39. The number of anilines is 1. The molecule has 1 aromatic carbocycles.